The van der Waals surface area contributed by atoms with Gasteiger partial charge in [0.1, 0.15) is 65.6 Å². The molecule has 83 heavy (non-hydrogen) atoms. The number of esters is 2. The number of aliphatic hydroxyl groups excluding tert-OH is 5. The SMILES string of the molecule is CO[C@H]1[C@H](O)C[C@H](O[C@@H]2C[C@@H](Oc3cc4cc5c(c(O)c4c(O)c3C)C(=O)[C@@H](O[C@@H]3C[C@H](O[C@@H]4C[C@H](O[C@@H]6C[C@](C)(O)[C@@H](OC(C)=O)[C@H](C)O6)[C@@H](O)[C@H](C)O4)[C@@H](O)[C@H](C)O3)[C@H]([C@H](OC)C(=O)[C@@H](O)[C@@H](C)O)C5)O[C@@H](C)[C@@H]2OC(C)=O)O[C@@H]1C. The zero-order valence-corrected chi connectivity index (χ0v) is 48.7. The second kappa shape index (κ2) is 26.4. The molecule has 0 saturated carbocycles. The number of fused-ring (bicyclic) bond motifs is 2. The first-order valence-electron chi connectivity index (χ1n) is 28.2. The molecular formula is C57H82O26. The van der Waals surface area contributed by atoms with E-state index in [9.17, 15) is 55.2 Å². The quantitative estimate of drug-likeness (QED) is 0.0982. The first-order chi connectivity index (χ1) is 39.0. The lowest BCUT2D eigenvalue weighted by molar-refractivity contribution is -0.334. The van der Waals surface area contributed by atoms with Crippen LogP contribution in [0.15, 0.2) is 12.1 Å². The number of phenolic OH excluding ortho intramolecular Hbond substituents is 2. The number of Topliss-reactive ketones (excluding diaryl/α,β-unsaturated/α-hetero) is 2. The van der Waals surface area contributed by atoms with Gasteiger partial charge in [0.25, 0.3) is 0 Å². The molecule has 0 bridgehead atoms. The fourth-order valence-electron chi connectivity index (χ4n) is 12.4. The van der Waals surface area contributed by atoms with Gasteiger partial charge >= 0.3 is 11.9 Å². The highest BCUT2D eigenvalue weighted by Gasteiger charge is 2.52. The number of rotatable bonds is 18. The van der Waals surface area contributed by atoms with Crippen molar-refractivity contribution in [3.8, 4) is 17.2 Å². The highest BCUT2D eigenvalue weighted by Crippen LogP contribution is 2.48. The summed E-state index contributed by atoms with van der Waals surface area (Å²) in [5, 5.41) is 90.1. The van der Waals surface area contributed by atoms with Gasteiger partial charge in [0.2, 0.25) is 6.29 Å². The fraction of sp³-hybridized carbons (Fsp3) is 0.754. The Kier molecular flexibility index (Phi) is 20.5. The Morgan fingerprint density at radius 2 is 1.22 bits per heavy atom. The van der Waals surface area contributed by atoms with E-state index in [-0.39, 0.29) is 71.7 Å². The molecule has 8 N–H and O–H groups in total. The van der Waals surface area contributed by atoms with Gasteiger partial charge in [0.15, 0.2) is 48.9 Å². The van der Waals surface area contributed by atoms with E-state index in [2.05, 4.69) is 0 Å². The molecule has 0 spiro atoms. The number of aliphatic hydroxyl groups is 6. The van der Waals surface area contributed by atoms with Crippen molar-refractivity contribution in [1.82, 2.24) is 0 Å². The minimum Gasteiger partial charge on any atom is -0.507 e. The normalized spacial score (nSPS) is 39.7. The molecular weight excluding hydrogens is 1100 g/mol. The van der Waals surface area contributed by atoms with E-state index in [4.69, 9.17) is 66.3 Å². The van der Waals surface area contributed by atoms with Crippen molar-refractivity contribution >= 4 is 34.3 Å². The van der Waals surface area contributed by atoms with Crippen LogP contribution in [0.5, 0.6) is 17.2 Å². The Bertz CT molecular complexity index is 2620. The van der Waals surface area contributed by atoms with Crippen molar-refractivity contribution in [3.63, 3.8) is 0 Å². The molecule has 8 rings (SSSR count). The highest BCUT2D eigenvalue weighted by atomic mass is 16.7. The van der Waals surface area contributed by atoms with Gasteiger partial charge in [-0.15, -0.1) is 0 Å². The zero-order valence-electron chi connectivity index (χ0n) is 48.7. The fourth-order valence-corrected chi connectivity index (χ4v) is 12.4. The summed E-state index contributed by atoms with van der Waals surface area (Å²) in [5.41, 5.74) is -1.51. The average Bonchev–Trinajstić information content (AvgIpc) is 3.47. The molecule has 0 radical (unpaired) electrons. The number of hydrogen-bond acceptors (Lipinski definition) is 26. The van der Waals surface area contributed by atoms with Crippen LogP contribution in [0.4, 0.5) is 0 Å². The van der Waals surface area contributed by atoms with Crippen LogP contribution in [0, 0.1) is 12.8 Å². The lowest BCUT2D eigenvalue weighted by Crippen LogP contribution is -2.59. The topological polar surface area (TPSA) is 359 Å². The van der Waals surface area contributed by atoms with Crippen LogP contribution in [-0.4, -0.2) is 225 Å². The predicted molar refractivity (Wildman–Crippen MR) is 282 cm³/mol. The van der Waals surface area contributed by atoms with Crippen LogP contribution in [-0.2, 0) is 82.4 Å². The summed E-state index contributed by atoms with van der Waals surface area (Å²) in [7, 11) is 2.64. The molecule has 6 aliphatic rings. The maximum Gasteiger partial charge on any atom is 0.303 e. The molecule has 466 valence electrons. The van der Waals surface area contributed by atoms with Crippen molar-refractivity contribution in [2.24, 2.45) is 5.92 Å². The van der Waals surface area contributed by atoms with E-state index in [1.165, 1.54) is 67.9 Å². The Morgan fingerprint density at radius 1 is 0.687 bits per heavy atom. The first kappa shape index (κ1) is 64.7. The van der Waals surface area contributed by atoms with Crippen LogP contribution in [0.3, 0.4) is 0 Å². The number of phenols is 2. The average molecular weight is 1180 g/mol. The van der Waals surface area contributed by atoms with Crippen molar-refractivity contribution in [1.29, 1.82) is 0 Å². The van der Waals surface area contributed by atoms with E-state index < -0.39 is 188 Å². The summed E-state index contributed by atoms with van der Waals surface area (Å²) in [5.74, 6) is -5.32. The van der Waals surface area contributed by atoms with Gasteiger partial charge in [-0.2, -0.15) is 0 Å². The van der Waals surface area contributed by atoms with Crippen molar-refractivity contribution in [3.05, 3.63) is 28.8 Å². The predicted octanol–water partition coefficient (Wildman–Crippen LogP) is 1.55. The summed E-state index contributed by atoms with van der Waals surface area (Å²) < 4.78 is 84.2. The van der Waals surface area contributed by atoms with Gasteiger partial charge in [-0.05, 0) is 84.9 Å². The molecule has 0 unspecified atom stereocenters. The van der Waals surface area contributed by atoms with Gasteiger partial charge in [0.05, 0.1) is 65.9 Å². The largest absolute Gasteiger partial charge is 0.507 e. The molecule has 2 aromatic carbocycles. The van der Waals surface area contributed by atoms with E-state index >= 15 is 4.79 Å². The lowest BCUT2D eigenvalue weighted by atomic mass is 9.75. The summed E-state index contributed by atoms with van der Waals surface area (Å²) in [4.78, 5) is 53.2. The van der Waals surface area contributed by atoms with E-state index in [0.717, 1.165) is 0 Å². The maximum absolute atomic E-state index is 15.1. The summed E-state index contributed by atoms with van der Waals surface area (Å²) in [6, 6.07) is 3.04. The Balaban J connectivity index is 1.04. The van der Waals surface area contributed by atoms with Crippen LogP contribution in [0.25, 0.3) is 10.8 Å². The minimum atomic E-state index is -1.96. The van der Waals surface area contributed by atoms with Crippen LogP contribution in [0.1, 0.15) is 116 Å². The Morgan fingerprint density at radius 3 is 1.78 bits per heavy atom. The third kappa shape index (κ3) is 13.9. The molecule has 26 nitrogen and oxygen atoms in total. The molecule has 5 fully saturated rings. The first-order valence-corrected chi connectivity index (χ1v) is 28.2. The number of carbonyl (C=O) groups is 4. The Labute approximate surface area is 480 Å². The van der Waals surface area contributed by atoms with E-state index in [0.29, 0.717) is 0 Å². The molecule has 26 heteroatoms. The molecule has 5 saturated heterocycles. The van der Waals surface area contributed by atoms with Gasteiger partial charge in [-0.25, -0.2) is 0 Å². The number of benzene rings is 2. The summed E-state index contributed by atoms with van der Waals surface area (Å²) >= 11 is 0. The smallest absolute Gasteiger partial charge is 0.303 e. The third-order valence-corrected chi connectivity index (χ3v) is 16.6. The van der Waals surface area contributed by atoms with Crippen LogP contribution >= 0.6 is 0 Å². The van der Waals surface area contributed by atoms with Gasteiger partial charge in [-0.3, -0.25) is 19.2 Å². The maximum atomic E-state index is 15.1. The molecule has 5 heterocycles. The highest BCUT2D eigenvalue weighted by molar-refractivity contribution is 6.11. The number of methoxy groups -OCH3 is 2. The van der Waals surface area contributed by atoms with Crippen molar-refractivity contribution < 1.29 is 126 Å². The molecule has 1 aliphatic carbocycles. The number of ketones is 2. The molecule has 2 aromatic rings. The van der Waals surface area contributed by atoms with Crippen molar-refractivity contribution in [2.75, 3.05) is 14.2 Å². The number of ether oxygens (including phenoxy) is 14. The summed E-state index contributed by atoms with van der Waals surface area (Å²) in [6.07, 6.45) is -25.9. The van der Waals surface area contributed by atoms with Gasteiger partial charge < -0.3 is 107 Å². The number of carbonyl (C=O) groups excluding carboxylic acids is 4. The molecule has 0 amide bonds. The summed E-state index contributed by atoms with van der Waals surface area (Å²) in [6.45, 7) is 14.8. The molecule has 0 aromatic heterocycles. The standard InChI is InChI=1S/C57H82O26/c1-21-34(79-40-19-37(53(26(6)75-40)77-28(8)59)82-38-16-33(61)52(70-11)25(5)74-38)15-31-13-30-14-32(54(71-12)51(68)46(63)22(2)58)55(50(67)44(30)49(66)43(31)45(21)62)83-41-18-35(47(64)24(4)73-41)80-39-17-36(48(65)23(3)72-39)81-42-20-57(10,69)56(27(7)76-42)78-29(9)60/h13,15,22-27,32-33,35-42,46-48,52-56,58,61-66,69H,14,16-20H2,1-12H3/t22-,23+,24+,25-,26+,27+,32+,33-,35+,36+,37-,38+,39-,40-,41-,42-,46+,47+,48+,52-,53+,54+,55+,56+,57+/m1/s1. The molecule has 25 atom stereocenters. The van der Waals surface area contributed by atoms with E-state index in [1.807, 2.05) is 0 Å². The third-order valence-electron chi connectivity index (χ3n) is 16.6. The Hall–Kier alpha value is -4.30. The minimum absolute atomic E-state index is 0.0251. The number of aromatic hydroxyl groups is 2. The molecule has 5 aliphatic heterocycles. The van der Waals surface area contributed by atoms with Gasteiger partial charge in [0, 0.05) is 71.7 Å². The number of hydrogen-bond donors (Lipinski definition) is 8. The van der Waals surface area contributed by atoms with E-state index in [1.54, 1.807) is 27.7 Å². The van der Waals surface area contributed by atoms with Crippen molar-refractivity contribution in [2.45, 2.75) is 255 Å². The lowest BCUT2D eigenvalue weighted by Gasteiger charge is -2.46. The second-order valence-corrected chi connectivity index (χ2v) is 23.1. The van der Waals surface area contributed by atoms with Gasteiger partial charge in [-0.1, -0.05) is 0 Å². The van der Waals surface area contributed by atoms with Crippen LogP contribution in [0.2, 0.25) is 0 Å². The van der Waals surface area contributed by atoms with Crippen LogP contribution < -0.4 is 4.74 Å². The second-order valence-electron chi connectivity index (χ2n) is 23.1. The monoisotopic (exact) mass is 1180 g/mol. The zero-order chi connectivity index (χ0) is 60.8.